The lowest BCUT2D eigenvalue weighted by atomic mass is 10.0. The summed E-state index contributed by atoms with van der Waals surface area (Å²) in [5.41, 5.74) is 4.41. The maximum atomic E-state index is 13.3. The first-order valence-corrected chi connectivity index (χ1v) is 13.2. The minimum atomic E-state index is 0.120. The van der Waals surface area contributed by atoms with Crippen LogP contribution in [-0.2, 0) is 16.1 Å². The first-order valence-electron chi connectivity index (χ1n) is 13.2. The van der Waals surface area contributed by atoms with Crippen LogP contribution in [0.2, 0.25) is 0 Å². The Labute approximate surface area is 206 Å². The molecule has 0 radical (unpaired) electrons. The van der Waals surface area contributed by atoms with Gasteiger partial charge in [0.2, 0.25) is 11.8 Å². The van der Waals surface area contributed by atoms with Gasteiger partial charge in [0.15, 0.2) is 0 Å². The van der Waals surface area contributed by atoms with Crippen molar-refractivity contribution in [3.63, 3.8) is 0 Å². The van der Waals surface area contributed by atoms with Crippen LogP contribution in [0.1, 0.15) is 93.7 Å². The molecule has 0 bridgehead atoms. The van der Waals surface area contributed by atoms with Crippen molar-refractivity contribution in [2.45, 2.75) is 103 Å². The highest BCUT2D eigenvalue weighted by Gasteiger charge is 2.19. The predicted octanol–water partition coefficient (Wildman–Crippen LogP) is 7.02. The summed E-state index contributed by atoms with van der Waals surface area (Å²) >= 11 is 0. The molecule has 3 rings (SSSR count). The van der Waals surface area contributed by atoms with Gasteiger partial charge in [0, 0.05) is 24.6 Å². The van der Waals surface area contributed by atoms with E-state index in [1.54, 1.807) is 0 Å². The summed E-state index contributed by atoms with van der Waals surface area (Å²) in [6, 6.07) is 16.6. The lowest BCUT2D eigenvalue weighted by molar-refractivity contribution is -0.122. The van der Waals surface area contributed by atoms with E-state index < -0.39 is 0 Å². The molecule has 1 aliphatic rings. The molecule has 2 amide bonds. The molecule has 0 heterocycles. The Kier molecular flexibility index (Phi) is 10.7. The van der Waals surface area contributed by atoms with E-state index in [9.17, 15) is 9.59 Å². The van der Waals surface area contributed by atoms with Crippen molar-refractivity contribution in [1.82, 2.24) is 5.32 Å². The third kappa shape index (κ3) is 8.30. The van der Waals surface area contributed by atoms with Crippen LogP contribution >= 0.6 is 0 Å². The van der Waals surface area contributed by atoms with Gasteiger partial charge in [-0.2, -0.15) is 0 Å². The summed E-state index contributed by atoms with van der Waals surface area (Å²) < 4.78 is 0. The van der Waals surface area contributed by atoms with Crippen LogP contribution in [-0.4, -0.2) is 17.9 Å². The van der Waals surface area contributed by atoms with Gasteiger partial charge >= 0.3 is 0 Å². The van der Waals surface area contributed by atoms with Crippen LogP contribution in [0.25, 0.3) is 0 Å². The molecule has 0 unspecified atom stereocenters. The second-order valence-electron chi connectivity index (χ2n) is 9.86. The van der Waals surface area contributed by atoms with Crippen molar-refractivity contribution in [3.8, 4) is 0 Å². The van der Waals surface area contributed by atoms with Crippen LogP contribution < -0.4 is 10.2 Å². The zero-order valence-electron chi connectivity index (χ0n) is 21.2. The molecule has 1 saturated carbocycles. The topological polar surface area (TPSA) is 49.4 Å². The number of hydrogen-bond donors (Lipinski definition) is 1. The van der Waals surface area contributed by atoms with Crippen molar-refractivity contribution in [2.24, 2.45) is 0 Å². The van der Waals surface area contributed by atoms with E-state index in [4.69, 9.17) is 0 Å². The van der Waals surface area contributed by atoms with Crippen LogP contribution in [0.15, 0.2) is 48.5 Å². The SMILES string of the molecule is Cc1ccccc1CN(C(=O)CCCCC(=O)NC1CCCCCCCC1)c1ccccc1C. The highest BCUT2D eigenvalue weighted by Crippen LogP contribution is 2.24. The number of rotatable bonds is 9. The van der Waals surface area contributed by atoms with Gasteiger partial charge in [0.25, 0.3) is 0 Å². The average Bonchev–Trinajstić information content (AvgIpc) is 2.96. The Balaban J connectivity index is 1.51. The molecule has 2 aromatic rings. The van der Waals surface area contributed by atoms with Crippen molar-refractivity contribution in [3.05, 3.63) is 65.2 Å². The molecule has 0 saturated heterocycles. The fourth-order valence-electron chi connectivity index (χ4n) is 4.91. The number of nitrogens with zero attached hydrogens (tertiary/aromatic N) is 1. The van der Waals surface area contributed by atoms with Gasteiger partial charge in [-0.15, -0.1) is 0 Å². The highest BCUT2D eigenvalue weighted by atomic mass is 16.2. The van der Waals surface area contributed by atoms with Crippen molar-refractivity contribution < 1.29 is 9.59 Å². The average molecular weight is 463 g/mol. The molecule has 0 aromatic heterocycles. The molecule has 0 aliphatic heterocycles. The molecule has 0 atom stereocenters. The molecular formula is C30H42N2O2. The van der Waals surface area contributed by atoms with Crippen molar-refractivity contribution in [1.29, 1.82) is 0 Å². The Morgan fingerprint density at radius 3 is 2.06 bits per heavy atom. The summed E-state index contributed by atoms with van der Waals surface area (Å²) in [5.74, 6) is 0.265. The number of anilines is 1. The van der Waals surface area contributed by atoms with E-state index in [1.807, 2.05) is 35.2 Å². The van der Waals surface area contributed by atoms with Gasteiger partial charge in [-0.05, 0) is 62.3 Å². The fourth-order valence-corrected chi connectivity index (χ4v) is 4.91. The summed E-state index contributed by atoms with van der Waals surface area (Å²) in [7, 11) is 0. The zero-order chi connectivity index (χ0) is 24.2. The number of para-hydroxylation sites is 1. The Bertz CT molecular complexity index is 914. The summed E-state index contributed by atoms with van der Waals surface area (Å²) in [6.07, 6.45) is 12.3. The number of unbranched alkanes of at least 4 members (excludes halogenated alkanes) is 1. The quantitative estimate of drug-likeness (QED) is 0.407. The standard InChI is InChI=1S/C30H42N2O2/c1-24-15-9-11-17-26(24)23-32(28-20-12-10-16-25(28)2)30(34)22-14-13-21-29(33)31-27-18-7-5-3-4-6-8-19-27/h9-12,15-17,20,27H,3-8,13-14,18-19,21-23H2,1-2H3,(H,31,33). The van der Waals surface area contributed by atoms with Crippen LogP contribution in [0.4, 0.5) is 5.69 Å². The number of carbonyl (C=O) groups is 2. The van der Waals surface area contributed by atoms with E-state index in [1.165, 1.54) is 44.1 Å². The minimum absolute atomic E-state index is 0.120. The lowest BCUT2D eigenvalue weighted by Crippen LogP contribution is -2.34. The van der Waals surface area contributed by atoms with Crippen LogP contribution in [0, 0.1) is 13.8 Å². The second kappa shape index (κ2) is 13.9. The maximum Gasteiger partial charge on any atom is 0.227 e. The van der Waals surface area contributed by atoms with Crippen LogP contribution in [0.3, 0.4) is 0 Å². The van der Waals surface area contributed by atoms with Gasteiger partial charge in [-0.25, -0.2) is 0 Å². The first kappa shape index (κ1) is 26.0. The number of carbonyl (C=O) groups excluding carboxylic acids is 2. The molecule has 4 heteroatoms. The third-order valence-electron chi connectivity index (χ3n) is 7.06. The number of hydrogen-bond acceptors (Lipinski definition) is 2. The number of nitrogens with one attached hydrogen (secondary N) is 1. The zero-order valence-corrected chi connectivity index (χ0v) is 21.2. The first-order chi connectivity index (χ1) is 16.5. The highest BCUT2D eigenvalue weighted by molar-refractivity contribution is 5.94. The molecule has 2 aromatic carbocycles. The lowest BCUT2D eigenvalue weighted by Gasteiger charge is -2.25. The largest absolute Gasteiger partial charge is 0.353 e. The molecule has 34 heavy (non-hydrogen) atoms. The number of benzene rings is 2. The summed E-state index contributed by atoms with van der Waals surface area (Å²) in [5, 5.41) is 3.26. The number of aryl methyl sites for hydroxylation is 2. The fraction of sp³-hybridized carbons (Fsp3) is 0.533. The molecule has 1 fully saturated rings. The predicted molar refractivity (Wildman–Crippen MR) is 141 cm³/mol. The molecule has 4 nitrogen and oxygen atoms in total. The number of amides is 2. The van der Waals surface area contributed by atoms with E-state index in [0.717, 1.165) is 42.5 Å². The Morgan fingerprint density at radius 1 is 0.794 bits per heavy atom. The molecule has 0 spiro atoms. The molecule has 1 aliphatic carbocycles. The van der Waals surface area contributed by atoms with Crippen molar-refractivity contribution >= 4 is 17.5 Å². The van der Waals surface area contributed by atoms with Crippen LogP contribution in [0.5, 0.6) is 0 Å². The minimum Gasteiger partial charge on any atom is -0.353 e. The van der Waals surface area contributed by atoms with E-state index >= 15 is 0 Å². The Morgan fingerprint density at radius 2 is 1.38 bits per heavy atom. The van der Waals surface area contributed by atoms with Crippen molar-refractivity contribution in [2.75, 3.05) is 4.90 Å². The van der Waals surface area contributed by atoms with Gasteiger partial charge in [-0.1, -0.05) is 81.0 Å². The van der Waals surface area contributed by atoms with E-state index in [2.05, 4.69) is 37.4 Å². The second-order valence-corrected chi connectivity index (χ2v) is 9.86. The van der Waals surface area contributed by atoms with Gasteiger partial charge in [0.1, 0.15) is 0 Å². The smallest absolute Gasteiger partial charge is 0.227 e. The third-order valence-corrected chi connectivity index (χ3v) is 7.06. The normalized spacial score (nSPS) is 15.1. The molecule has 1 N–H and O–H groups in total. The van der Waals surface area contributed by atoms with Gasteiger partial charge in [0.05, 0.1) is 6.54 Å². The molecule has 184 valence electrons. The molecular weight excluding hydrogens is 420 g/mol. The van der Waals surface area contributed by atoms with E-state index in [0.29, 0.717) is 25.4 Å². The van der Waals surface area contributed by atoms with Gasteiger partial charge < -0.3 is 10.2 Å². The summed E-state index contributed by atoms with van der Waals surface area (Å²) in [6.45, 7) is 4.71. The van der Waals surface area contributed by atoms with E-state index in [-0.39, 0.29) is 11.8 Å². The Hall–Kier alpha value is -2.62. The summed E-state index contributed by atoms with van der Waals surface area (Å²) in [4.78, 5) is 27.7. The van der Waals surface area contributed by atoms with Gasteiger partial charge in [-0.3, -0.25) is 9.59 Å². The maximum absolute atomic E-state index is 13.3. The monoisotopic (exact) mass is 462 g/mol.